The van der Waals surface area contributed by atoms with Gasteiger partial charge >= 0.3 is 0 Å². The summed E-state index contributed by atoms with van der Waals surface area (Å²) in [5, 5.41) is 8.96. The summed E-state index contributed by atoms with van der Waals surface area (Å²) in [6.07, 6.45) is 0.0515. The third-order valence-electron chi connectivity index (χ3n) is 1.67. The summed E-state index contributed by atoms with van der Waals surface area (Å²) < 4.78 is 0. The fraction of sp³-hybridized carbons (Fsp3) is 0.250. The van der Waals surface area contributed by atoms with Crippen LogP contribution >= 0.6 is 0 Å². The smallest absolute Gasteiger partial charge is 0.144 e. The summed E-state index contributed by atoms with van der Waals surface area (Å²) in [4.78, 5) is 9.33. The summed E-state index contributed by atoms with van der Waals surface area (Å²) in [6, 6.07) is 6.92. The van der Waals surface area contributed by atoms with Gasteiger partial charge in [-0.3, -0.25) is 0 Å². The minimum Gasteiger partial charge on any atom is -0.508 e. The van der Waals surface area contributed by atoms with Crippen LogP contribution in [0.4, 0.5) is 0 Å². The molecule has 1 N–H and O–H groups in total. The number of phenols is 1. The maximum Gasteiger partial charge on any atom is 0.144 e. The van der Waals surface area contributed by atoms with Crippen molar-refractivity contribution in [3.63, 3.8) is 0 Å². The zero-order chi connectivity index (χ0) is 7.68. The van der Waals surface area contributed by atoms with Crippen LogP contribution in [0.15, 0.2) is 24.3 Å². The normalized spacial score (nSPS) is 22.7. The number of hydrogen-bond donors (Lipinski definition) is 1. The highest BCUT2D eigenvalue weighted by molar-refractivity contribution is 5.27. The first-order valence-corrected chi connectivity index (χ1v) is 3.43. The fourth-order valence-corrected chi connectivity index (χ4v) is 0.977. The van der Waals surface area contributed by atoms with Gasteiger partial charge in [-0.2, -0.15) is 0 Å². The molecule has 1 saturated heterocycles. The molecule has 0 aliphatic carbocycles. The van der Waals surface area contributed by atoms with E-state index < -0.39 is 0 Å². The Bertz CT molecular complexity index is 238. The highest BCUT2D eigenvalue weighted by atomic mass is 17.2. The third kappa shape index (κ3) is 1.20. The Labute approximate surface area is 64.1 Å². The maximum atomic E-state index is 8.96. The SMILES string of the molecule is Oc1ccc(C2COO2)cc1. The molecule has 1 atom stereocenters. The summed E-state index contributed by atoms with van der Waals surface area (Å²) >= 11 is 0. The standard InChI is InChI=1S/C8H8O3/c9-7-3-1-6(2-4-7)8-5-10-11-8/h1-4,8-9H,5H2. The number of phenolic OH excluding ortho intramolecular Hbond substituents is 1. The van der Waals surface area contributed by atoms with Crippen molar-refractivity contribution in [2.45, 2.75) is 6.10 Å². The Kier molecular flexibility index (Phi) is 1.52. The van der Waals surface area contributed by atoms with Crippen LogP contribution in [0.1, 0.15) is 11.7 Å². The van der Waals surface area contributed by atoms with Crippen molar-refractivity contribution < 1.29 is 14.9 Å². The van der Waals surface area contributed by atoms with Crippen molar-refractivity contribution in [1.82, 2.24) is 0 Å². The molecule has 1 unspecified atom stereocenters. The predicted octanol–water partition coefficient (Wildman–Crippen LogP) is 1.40. The number of benzene rings is 1. The fourth-order valence-electron chi connectivity index (χ4n) is 0.977. The first-order valence-electron chi connectivity index (χ1n) is 3.43. The molecule has 0 aromatic heterocycles. The lowest BCUT2D eigenvalue weighted by atomic mass is 10.1. The topological polar surface area (TPSA) is 38.7 Å². The van der Waals surface area contributed by atoms with E-state index in [9.17, 15) is 0 Å². The molecule has 0 bridgehead atoms. The number of aromatic hydroxyl groups is 1. The molecular weight excluding hydrogens is 144 g/mol. The molecule has 1 fully saturated rings. The van der Waals surface area contributed by atoms with E-state index in [4.69, 9.17) is 9.99 Å². The van der Waals surface area contributed by atoms with Crippen LogP contribution in [0.25, 0.3) is 0 Å². The van der Waals surface area contributed by atoms with E-state index in [2.05, 4.69) is 4.89 Å². The van der Waals surface area contributed by atoms with E-state index >= 15 is 0 Å². The molecular formula is C8H8O3. The molecule has 1 aromatic rings. The zero-order valence-corrected chi connectivity index (χ0v) is 5.86. The Balaban J connectivity index is 2.18. The van der Waals surface area contributed by atoms with Crippen LogP contribution in [0.2, 0.25) is 0 Å². The molecule has 1 aromatic carbocycles. The second-order valence-corrected chi connectivity index (χ2v) is 2.46. The van der Waals surface area contributed by atoms with Crippen molar-refractivity contribution in [2.24, 2.45) is 0 Å². The third-order valence-corrected chi connectivity index (χ3v) is 1.67. The van der Waals surface area contributed by atoms with Crippen molar-refractivity contribution in [3.8, 4) is 5.75 Å². The van der Waals surface area contributed by atoms with Gasteiger partial charge in [-0.05, 0) is 17.7 Å². The Hall–Kier alpha value is -1.06. The van der Waals surface area contributed by atoms with Crippen molar-refractivity contribution in [3.05, 3.63) is 29.8 Å². The van der Waals surface area contributed by atoms with Gasteiger partial charge in [-0.15, -0.1) is 0 Å². The van der Waals surface area contributed by atoms with Crippen LogP contribution < -0.4 is 0 Å². The lowest BCUT2D eigenvalue weighted by molar-refractivity contribution is -0.429. The minimum absolute atomic E-state index is 0.0515. The second kappa shape index (κ2) is 2.53. The van der Waals surface area contributed by atoms with Gasteiger partial charge in [0, 0.05) is 0 Å². The van der Waals surface area contributed by atoms with Gasteiger partial charge in [0.05, 0.1) is 0 Å². The molecule has 2 rings (SSSR count). The van der Waals surface area contributed by atoms with E-state index in [1.807, 2.05) is 12.1 Å². The summed E-state index contributed by atoms with van der Waals surface area (Å²) in [5.41, 5.74) is 1.04. The summed E-state index contributed by atoms with van der Waals surface area (Å²) in [5.74, 6) is 0.272. The minimum atomic E-state index is 0.0515. The summed E-state index contributed by atoms with van der Waals surface area (Å²) in [6.45, 7) is 0.602. The number of rotatable bonds is 1. The van der Waals surface area contributed by atoms with Crippen LogP contribution in [0, 0.1) is 0 Å². The molecule has 0 saturated carbocycles. The van der Waals surface area contributed by atoms with Gasteiger partial charge in [-0.1, -0.05) is 12.1 Å². The molecule has 0 amide bonds. The Morgan fingerprint density at radius 1 is 1.27 bits per heavy atom. The van der Waals surface area contributed by atoms with E-state index in [0.29, 0.717) is 6.61 Å². The Morgan fingerprint density at radius 3 is 2.36 bits per heavy atom. The Morgan fingerprint density at radius 2 is 1.91 bits per heavy atom. The van der Waals surface area contributed by atoms with E-state index in [-0.39, 0.29) is 11.9 Å². The highest BCUT2D eigenvalue weighted by Crippen LogP contribution is 2.26. The molecule has 1 heterocycles. The first-order chi connectivity index (χ1) is 5.36. The van der Waals surface area contributed by atoms with Gasteiger partial charge in [0.15, 0.2) is 0 Å². The molecule has 1 aliphatic rings. The monoisotopic (exact) mass is 152 g/mol. The van der Waals surface area contributed by atoms with Crippen LogP contribution in [-0.4, -0.2) is 11.7 Å². The average Bonchev–Trinajstić information content (AvgIpc) is 1.90. The quantitative estimate of drug-likeness (QED) is 0.618. The molecule has 1 aliphatic heterocycles. The average molecular weight is 152 g/mol. The molecule has 58 valence electrons. The zero-order valence-electron chi connectivity index (χ0n) is 5.86. The summed E-state index contributed by atoms with van der Waals surface area (Å²) in [7, 11) is 0. The molecule has 3 heteroatoms. The largest absolute Gasteiger partial charge is 0.508 e. The molecule has 11 heavy (non-hydrogen) atoms. The number of hydrogen-bond acceptors (Lipinski definition) is 3. The van der Waals surface area contributed by atoms with Crippen molar-refractivity contribution >= 4 is 0 Å². The van der Waals surface area contributed by atoms with Crippen LogP contribution in [0.3, 0.4) is 0 Å². The molecule has 0 radical (unpaired) electrons. The van der Waals surface area contributed by atoms with Crippen molar-refractivity contribution in [2.75, 3.05) is 6.61 Å². The lowest BCUT2D eigenvalue weighted by Crippen LogP contribution is -2.22. The predicted molar refractivity (Wildman–Crippen MR) is 37.9 cm³/mol. The second-order valence-electron chi connectivity index (χ2n) is 2.46. The highest BCUT2D eigenvalue weighted by Gasteiger charge is 2.22. The van der Waals surface area contributed by atoms with Crippen molar-refractivity contribution in [1.29, 1.82) is 0 Å². The lowest BCUT2D eigenvalue weighted by Gasteiger charge is -2.24. The van der Waals surface area contributed by atoms with Gasteiger partial charge in [0.2, 0.25) is 0 Å². The van der Waals surface area contributed by atoms with E-state index in [1.165, 1.54) is 0 Å². The molecule has 0 spiro atoms. The van der Waals surface area contributed by atoms with E-state index in [0.717, 1.165) is 5.56 Å². The van der Waals surface area contributed by atoms with Crippen LogP contribution in [-0.2, 0) is 9.78 Å². The van der Waals surface area contributed by atoms with Gasteiger partial charge in [0.1, 0.15) is 18.5 Å². The van der Waals surface area contributed by atoms with Gasteiger partial charge in [0.25, 0.3) is 0 Å². The maximum absolute atomic E-state index is 8.96. The van der Waals surface area contributed by atoms with Crippen LogP contribution in [0.5, 0.6) is 5.75 Å². The van der Waals surface area contributed by atoms with Gasteiger partial charge in [-0.25, -0.2) is 9.78 Å². The van der Waals surface area contributed by atoms with E-state index in [1.54, 1.807) is 12.1 Å². The molecule has 3 nitrogen and oxygen atoms in total. The van der Waals surface area contributed by atoms with Gasteiger partial charge < -0.3 is 5.11 Å². The first kappa shape index (κ1) is 6.64.